The monoisotopic (exact) mass is 507 g/mol. The van der Waals surface area contributed by atoms with Gasteiger partial charge in [0.1, 0.15) is 22.7 Å². The van der Waals surface area contributed by atoms with Crippen LogP contribution in [0.25, 0.3) is 20.3 Å². The van der Waals surface area contributed by atoms with Crippen LogP contribution in [-0.4, -0.2) is 29.3 Å². The molecular weight excluding hydrogens is 486 g/mol. The molecule has 35 heavy (non-hydrogen) atoms. The van der Waals surface area contributed by atoms with Crippen LogP contribution in [0.5, 0.6) is 11.5 Å². The zero-order chi connectivity index (χ0) is 24.5. The van der Waals surface area contributed by atoms with Crippen LogP contribution in [0.1, 0.15) is 4.88 Å². The minimum absolute atomic E-state index is 0.146. The van der Waals surface area contributed by atoms with Crippen molar-refractivity contribution in [1.82, 2.24) is 9.13 Å². The van der Waals surface area contributed by atoms with Gasteiger partial charge in [0.25, 0.3) is 5.56 Å². The van der Waals surface area contributed by atoms with Gasteiger partial charge in [0.2, 0.25) is 5.91 Å². The molecule has 0 aliphatic carbocycles. The van der Waals surface area contributed by atoms with Gasteiger partial charge in [-0.2, -0.15) is 0 Å². The molecule has 8 nitrogen and oxygen atoms in total. The number of methoxy groups -OCH3 is 2. The van der Waals surface area contributed by atoms with Gasteiger partial charge in [-0.25, -0.2) is 4.79 Å². The van der Waals surface area contributed by atoms with E-state index < -0.39 is 11.6 Å². The third-order valence-electron chi connectivity index (χ3n) is 5.62. The van der Waals surface area contributed by atoms with Crippen molar-refractivity contribution >= 4 is 54.6 Å². The number of amides is 1. The highest BCUT2D eigenvalue weighted by Gasteiger charge is 2.20. The van der Waals surface area contributed by atoms with Crippen molar-refractivity contribution < 1.29 is 14.3 Å². The molecule has 178 valence electrons. The van der Waals surface area contributed by atoms with Gasteiger partial charge in [-0.15, -0.1) is 22.7 Å². The molecule has 0 radical (unpaired) electrons. The molecule has 0 saturated heterocycles. The molecule has 5 aromatic rings. The molecule has 2 aromatic carbocycles. The lowest BCUT2D eigenvalue weighted by atomic mass is 10.2. The summed E-state index contributed by atoms with van der Waals surface area (Å²) in [6, 6.07) is 16.3. The number of aromatic nitrogens is 2. The predicted octanol–water partition coefficient (Wildman–Crippen LogP) is 4.14. The van der Waals surface area contributed by atoms with Crippen LogP contribution >= 0.6 is 22.7 Å². The number of fused-ring (bicyclic) bond motifs is 3. The number of benzene rings is 2. The van der Waals surface area contributed by atoms with Gasteiger partial charge in [-0.3, -0.25) is 18.7 Å². The number of ether oxygens (including phenoxy) is 2. The van der Waals surface area contributed by atoms with Crippen LogP contribution in [-0.2, 0) is 17.9 Å². The summed E-state index contributed by atoms with van der Waals surface area (Å²) in [7, 11) is 3.04. The highest BCUT2D eigenvalue weighted by atomic mass is 32.1. The van der Waals surface area contributed by atoms with Gasteiger partial charge in [-0.05, 0) is 29.6 Å². The highest BCUT2D eigenvalue weighted by Crippen LogP contribution is 2.32. The van der Waals surface area contributed by atoms with Gasteiger partial charge in [0.05, 0.1) is 32.0 Å². The molecular formula is C25H21N3O5S2. The van der Waals surface area contributed by atoms with Crippen LogP contribution in [0.3, 0.4) is 0 Å². The number of anilines is 1. The topological polar surface area (TPSA) is 91.6 Å². The molecule has 0 fully saturated rings. The number of nitrogens with one attached hydrogen (secondary N) is 1. The van der Waals surface area contributed by atoms with Crippen LogP contribution in [0.15, 0.2) is 69.6 Å². The quantitative estimate of drug-likeness (QED) is 0.358. The zero-order valence-electron chi connectivity index (χ0n) is 18.9. The van der Waals surface area contributed by atoms with Crippen molar-refractivity contribution in [2.75, 3.05) is 19.5 Å². The molecule has 0 aliphatic rings. The fourth-order valence-corrected chi connectivity index (χ4v) is 5.82. The third kappa shape index (κ3) is 4.22. The summed E-state index contributed by atoms with van der Waals surface area (Å²) < 4.78 is 14.5. The Morgan fingerprint density at radius 2 is 1.83 bits per heavy atom. The van der Waals surface area contributed by atoms with Crippen LogP contribution in [0.2, 0.25) is 0 Å². The molecule has 1 amide bonds. The van der Waals surface area contributed by atoms with Gasteiger partial charge >= 0.3 is 5.69 Å². The average molecular weight is 508 g/mol. The van der Waals surface area contributed by atoms with E-state index >= 15 is 0 Å². The molecule has 0 aliphatic heterocycles. The Balaban J connectivity index is 1.61. The second kappa shape index (κ2) is 9.40. The van der Waals surface area contributed by atoms with Crippen molar-refractivity contribution in [1.29, 1.82) is 0 Å². The number of carbonyl (C=O) groups is 1. The lowest BCUT2D eigenvalue weighted by Crippen LogP contribution is -2.41. The maximum atomic E-state index is 13.6. The fourth-order valence-electron chi connectivity index (χ4n) is 3.98. The van der Waals surface area contributed by atoms with E-state index in [9.17, 15) is 14.4 Å². The number of rotatable bonds is 7. The minimum Gasteiger partial charge on any atom is -0.497 e. The molecule has 0 spiro atoms. The molecule has 0 saturated carbocycles. The Bertz CT molecular complexity index is 1660. The SMILES string of the molecule is COc1ccc(NC(=O)Cn2c(=O)n(Cc3cccs3)c(=O)c3sc4ccccc4c32)c(OC)c1. The van der Waals surface area contributed by atoms with Crippen molar-refractivity contribution in [3.05, 3.63) is 85.7 Å². The predicted molar refractivity (Wildman–Crippen MR) is 139 cm³/mol. The first-order valence-corrected chi connectivity index (χ1v) is 12.4. The third-order valence-corrected chi connectivity index (χ3v) is 7.63. The first-order valence-electron chi connectivity index (χ1n) is 10.7. The van der Waals surface area contributed by atoms with E-state index in [0.29, 0.717) is 27.4 Å². The standard InChI is InChI=1S/C25H21N3O5S2/c1-32-15-9-10-18(19(12-15)33-2)26-21(29)14-27-22-17-7-3-4-8-20(17)35-23(22)24(30)28(25(27)31)13-16-6-5-11-34-16/h3-12H,13-14H2,1-2H3,(H,26,29). The summed E-state index contributed by atoms with van der Waals surface area (Å²) in [5.41, 5.74) is 0.0360. The second-order valence-corrected chi connectivity index (χ2v) is 9.81. The minimum atomic E-state index is -0.531. The maximum absolute atomic E-state index is 13.6. The largest absolute Gasteiger partial charge is 0.497 e. The zero-order valence-corrected chi connectivity index (χ0v) is 20.6. The van der Waals surface area contributed by atoms with E-state index in [1.807, 2.05) is 41.8 Å². The molecule has 0 bridgehead atoms. The first kappa shape index (κ1) is 22.9. The lowest BCUT2D eigenvalue weighted by molar-refractivity contribution is -0.116. The van der Waals surface area contributed by atoms with Crippen LogP contribution in [0.4, 0.5) is 5.69 Å². The summed E-state index contributed by atoms with van der Waals surface area (Å²) in [6.07, 6.45) is 0. The Kier molecular flexibility index (Phi) is 6.14. The van der Waals surface area contributed by atoms with Crippen molar-refractivity contribution in [3.63, 3.8) is 0 Å². The van der Waals surface area contributed by atoms with E-state index in [0.717, 1.165) is 15.0 Å². The molecule has 3 heterocycles. The van der Waals surface area contributed by atoms with E-state index in [2.05, 4.69) is 5.32 Å². The van der Waals surface area contributed by atoms with E-state index in [1.54, 1.807) is 25.3 Å². The van der Waals surface area contributed by atoms with Crippen molar-refractivity contribution in [3.8, 4) is 11.5 Å². The van der Waals surface area contributed by atoms with Crippen LogP contribution in [0, 0.1) is 0 Å². The molecule has 3 aromatic heterocycles. The summed E-state index contributed by atoms with van der Waals surface area (Å²) >= 11 is 2.79. The molecule has 0 unspecified atom stereocenters. The van der Waals surface area contributed by atoms with Gasteiger partial charge in [0, 0.05) is 21.0 Å². The van der Waals surface area contributed by atoms with E-state index in [-0.39, 0.29) is 18.6 Å². The van der Waals surface area contributed by atoms with Gasteiger partial charge in [0.15, 0.2) is 0 Å². The number of carbonyl (C=O) groups excluding carboxylic acids is 1. The second-order valence-electron chi connectivity index (χ2n) is 7.73. The Hall–Kier alpha value is -3.89. The number of hydrogen-bond acceptors (Lipinski definition) is 7. The Morgan fingerprint density at radius 1 is 1.00 bits per heavy atom. The number of nitrogens with zero attached hydrogens (tertiary/aromatic N) is 2. The van der Waals surface area contributed by atoms with Crippen molar-refractivity contribution in [2.24, 2.45) is 0 Å². The Labute approximate surface area is 207 Å². The van der Waals surface area contributed by atoms with E-state index in [1.165, 1.54) is 38.9 Å². The van der Waals surface area contributed by atoms with Gasteiger partial charge < -0.3 is 14.8 Å². The summed E-state index contributed by atoms with van der Waals surface area (Å²) in [6.45, 7) is -0.122. The normalized spacial score (nSPS) is 11.1. The summed E-state index contributed by atoms with van der Waals surface area (Å²) in [4.78, 5) is 40.9. The summed E-state index contributed by atoms with van der Waals surface area (Å²) in [5, 5.41) is 5.47. The first-order chi connectivity index (χ1) is 17.0. The molecule has 10 heteroatoms. The smallest absolute Gasteiger partial charge is 0.332 e. The number of thiophene rings is 2. The Morgan fingerprint density at radius 3 is 2.57 bits per heavy atom. The summed E-state index contributed by atoms with van der Waals surface area (Å²) in [5.74, 6) is 0.593. The average Bonchev–Trinajstić information content (AvgIpc) is 3.52. The molecule has 0 atom stereocenters. The van der Waals surface area contributed by atoms with E-state index in [4.69, 9.17) is 9.47 Å². The highest BCUT2D eigenvalue weighted by molar-refractivity contribution is 7.25. The lowest BCUT2D eigenvalue weighted by Gasteiger charge is -2.14. The fraction of sp³-hybridized carbons (Fsp3) is 0.160. The molecule has 1 N–H and O–H groups in total. The van der Waals surface area contributed by atoms with Gasteiger partial charge in [-0.1, -0.05) is 24.3 Å². The van der Waals surface area contributed by atoms with Crippen molar-refractivity contribution in [2.45, 2.75) is 13.1 Å². The van der Waals surface area contributed by atoms with Crippen LogP contribution < -0.4 is 26.0 Å². The molecule has 5 rings (SSSR count). The number of hydrogen-bond donors (Lipinski definition) is 1. The maximum Gasteiger partial charge on any atom is 0.332 e.